The van der Waals surface area contributed by atoms with Crippen molar-refractivity contribution >= 4 is 32.7 Å². The second kappa shape index (κ2) is 9.19. The Bertz CT molecular complexity index is 1100. The van der Waals surface area contributed by atoms with Crippen LogP contribution in [0.3, 0.4) is 0 Å². The van der Waals surface area contributed by atoms with Crippen molar-refractivity contribution in [3.8, 4) is 0 Å². The molecular formula is C24H30N2O5S. The molecular weight excluding hydrogens is 428 g/mol. The lowest BCUT2D eigenvalue weighted by atomic mass is 9.81. The molecule has 0 radical (unpaired) electrons. The van der Waals surface area contributed by atoms with Gasteiger partial charge in [-0.1, -0.05) is 49.6 Å². The SMILES string of the molecule is COC(=O)C1(NC(=O)C2CCN(S(=O)(=O)c3ccc4ccccc4c3)CC2)CCCCC1. The van der Waals surface area contributed by atoms with Crippen molar-refractivity contribution in [2.75, 3.05) is 20.2 Å². The lowest BCUT2D eigenvalue weighted by Gasteiger charge is -2.37. The number of rotatable bonds is 5. The molecule has 1 saturated carbocycles. The summed E-state index contributed by atoms with van der Waals surface area (Å²) in [5.74, 6) is -0.886. The van der Waals surface area contributed by atoms with Gasteiger partial charge in [0.25, 0.3) is 0 Å². The van der Waals surface area contributed by atoms with Crippen molar-refractivity contribution in [2.24, 2.45) is 5.92 Å². The fourth-order valence-electron chi connectivity index (χ4n) is 4.90. The maximum absolute atomic E-state index is 13.2. The van der Waals surface area contributed by atoms with Gasteiger partial charge in [-0.25, -0.2) is 13.2 Å². The summed E-state index contributed by atoms with van der Waals surface area (Å²) in [4.78, 5) is 25.7. The number of hydrogen-bond donors (Lipinski definition) is 1. The van der Waals surface area contributed by atoms with Crippen molar-refractivity contribution in [2.45, 2.75) is 55.4 Å². The Morgan fingerprint density at radius 3 is 2.31 bits per heavy atom. The number of nitrogens with zero attached hydrogens (tertiary/aromatic N) is 1. The van der Waals surface area contributed by atoms with E-state index < -0.39 is 15.6 Å². The highest BCUT2D eigenvalue weighted by atomic mass is 32.2. The Labute approximate surface area is 189 Å². The van der Waals surface area contributed by atoms with Crippen molar-refractivity contribution in [1.29, 1.82) is 0 Å². The summed E-state index contributed by atoms with van der Waals surface area (Å²) < 4.78 is 32.8. The smallest absolute Gasteiger partial charge is 0.331 e. The Kier molecular flexibility index (Phi) is 6.53. The van der Waals surface area contributed by atoms with Crippen LogP contribution in [0.15, 0.2) is 47.4 Å². The van der Waals surface area contributed by atoms with E-state index in [1.807, 2.05) is 30.3 Å². The van der Waals surface area contributed by atoms with Crippen LogP contribution in [-0.2, 0) is 24.3 Å². The monoisotopic (exact) mass is 458 g/mol. The summed E-state index contributed by atoms with van der Waals surface area (Å²) in [5, 5.41) is 4.84. The molecule has 4 rings (SSSR count). The van der Waals surface area contributed by atoms with E-state index in [1.54, 1.807) is 12.1 Å². The molecule has 2 aliphatic rings. The van der Waals surface area contributed by atoms with E-state index in [0.717, 1.165) is 30.0 Å². The van der Waals surface area contributed by atoms with Crippen LogP contribution in [0.25, 0.3) is 10.8 Å². The van der Waals surface area contributed by atoms with E-state index in [2.05, 4.69) is 5.32 Å². The molecule has 32 heavy (non-hydrogen) atoms. The van der Waals surface area contributed by atoms with E-state index in [1.165, 1.54) is 11.4 Å². The zero-order valence-corrected chi connectivity index (χ0v) is 19.2. The third kappa shape index (κ3) is 4.38. The molecule has 0 spiro atoms. The quantitative estimate of drug-likeness (QED) is 0.695. The molecule has 2 fully saturated rings. The molecule has 0 bridgehead atoms. The number of sulfonamides is 1. The Balaban J connectivity index is 1.42. The van der Waals surface area contributed by atoms with Gasteiger partial charge in [-0.3, -0.25) is 4.79 Å². The fraction of sp³-hybridized carbons (Fsp3) is 0.500. The molecule has 1 amide bonds. The first-order chi connectivity index (χ1) is 15.4. The summed E-state index contributed by atoms with van der Waals surface area (Å²) in [6, 6.07) is 12.8. The maximum Gasteiger partial charge on any atom is 0.331 e. The van der Waals surface area contributed by atoms with Gasteiger partial charge in [0, 0.05) is 19.0 Å². The van der Waals surface area contributed by atoms with Crippen molar-refractivity contribution in [3.63, 3.8) is 0 Å². The van der Waals surface area contributed by atoms with Gasteiger partial charge in [0.2, 0.25) is 15.9 Å². The molecule has 1 heterocycles. The van der Waals surface area contributed by atoms with E-state index in [4.69, 9.17) is 4.74 Å². The van der Waals surface area contributed by atoms with Gasteiger partial charge in [-0.2, -0.15) is 4.31 Å². The van der Waals surface area contributed by atoms with E-state index in [0.29, 0.717) is 25.7 Å². The first-order valence-corrected chi connectivity index (χ1v) is 12.7. The van der Waals surface area contributed by atoms with E-state index in [-0.39, 0.29) is 35.8 Å². The number of nitrogens with one attached hydrogen (secondary N) is 1. The van der Waals surface area contributed by atoms with Gasteiger partial charge >= 0.3 is 5.97 Å². The van der Waals surface area contributed by atoms with Gasteiger partial charge in [0.1, 0.15) is 5.54 Å². The summed E-state index contributed by atoms with van der Waals surface area (Å²) in [5.41, 5.74) is -0.946. The predicted octanol–water partition coefficient (Wildman–Crippen LogP) is 3.23. The second-order valence-electron chi connectivity index (χ2n) is 8.81. The minimum Gasteiger partial charge on any atom is -0.467 e. The van der Waals surface area contributed by atoms with Crippen LogP contribution in [-0.4, -0.2) is 50.3 Å². The van der Waals surface area contributed by atoms with Crippen LogP contribution < -0.4 is 5.32 Å². The van der Waals surface area contributed by atoms with Crippen LogP contribution in [0.4, 0.5) is 0 Å². The Morgan fingerprint density at radius 2 is 1.66 bits per heavy atom. The molecule has 1 N–H and O–H groups in total. The number of hydrogen-bond acceptors (Lipinski definition) is 5. The average Bonchev–Trinajstić information content (AvgIpc) is 2.83. The maximum atomic E-state index is 13.2. The Hall–Kier alpha value is -2.45. The summed E-state index contributed by atoms with van der Waals surface area (Å²) in [6.45, 7) is 0.553. The number of esters is 1. The second-order valence-corrected chi connectivity index (χ2v) is 10.7. The number of piperidine rings is 1. The van der Waals surface area contributed by atoms with Gasteiger partial charge < -0.3 is 10.1 Å². The number of amides is 1. The van der Waals surface area contributed by atoms with Gasteiger partial charge in [0.15, 0.2) is 0 Å². The van der Waals surface area contributed by atoms with Crippen molar-refractivity contribution < 1.29 is 22.7 Å². The van der Waals surface area contributed by atoms with Gasteiger partial charge in [-0.15, -0.1) is 0 Å². The molecule has 8 heteroatoms. The minimum absolute atomic E-state index is 0.181. The standard InChI is InChI=1S/C24H30N2O5S/c1-31-23(28)24(13-5-2-6-14-24)25-22(27)19-11-15-26(16-12-19)32(29,30)21-10-9-18-7-3-4-8-20(18)17-21/h3-4,7-10,17,19H,2,5-6,11-16H2,1H3,(H,25,27). The minimum atomic E-state index is -3.63. The Morgan fingerprint density at radius 1 is 1.00 bits per heavy atom. The van der Waals surface area contributed by atoms with Crippen LogP contribution in [0.2, 0.25) is 0 Å². The highest BCUT2D eigenvalue weighted by Crippen LogP contribution is 2.31. The molecule has 1 aliphatic heterocycles. The van der Waals surface area contributed by atoms with E-state index >= 15 is 0 Å². The molecule has 2 aromatic rings. The topological polar surface area (TPSA) is 92.8 Å². The van der Waals surface area contributed by atoms with Gasteiger partial charge in [0.05, 0.1) is 12.0 Å². The van der Waals surface area contributed by atoms with Crippen LogP contribution in [0, 0.1) is 5.92 Å². The summed E-state index contributed by atoms with van der Waals surface area (Å²) in [7, 11) is -2.28. The summed E-state index contributed by atoms with van der Waals surface area (Å²) in [6.07, 6.45) is 4.81. The number of ether oxygens (including phenoxy) is 1. The van der Waals surface area contributed by atoms with Crippen LogP contribution >= 0.6 is 0 Å². The normalized spacial score (nSPS) is 20.0. The molecule has 1 aliphatic carbocycles. The van der Waals surface area contributed by atoms with Crippen molar-refractivity contribution in [1.82, 2.24) is 9.62 Å². The first-order valence-electron chi connectivity index (χ1n) is 11.3. The van der Waals surface area contributed by atoms with Crippen LogP contribution in [0.5, 0.6) is 0 Å². The number of benzene rings is 2. The average molecular weight is 459 g/mol. The number of methoxy groups -OCH3 is 1. The first kappa shape index (κ1) is 22.7. The lowest BCUT2D eigenvalue weighted by molar-refractivity contribution is -0.153. The number of carbonyl (C=O) groups is 2. The van der Waals surface area contributed by atoms with Crippen molar-refractivity contribution in [3.05, 3.63) is 42.5 Å². The zero-order valence-electron chi connectivity index (χ0n) is 18.4. The molecule has 2 aromatic carbocycles. The largest absolute Gasteiger partial charge is 0.467 e. The zero-order chi connectivity index (χ0) is 22.8. The molecule has 0 atom stereocenters. The third-order valence-electron chi connectivity index (χ3n) is 6.83. The molecule has 0 aromatic heterocycles. The molecule has 7 nitrogen and oxygen atoms in total. The predicted molar refractivity (Wildman–Crippen MR) is 121 cm³/mol. The fourth-order valence-corrected chi connectivity index (χ4v) is 6.41. The number of fused-ring (bicyclic) bond motifs is 1. The highest BCUT2D eigenvalue weighted by Gasteiger charge is 2.43. The molecule has 0 unspecified atom stereocenters. The lowest BCUT2D eigenvalue weighted by Crippen LogP contribution is -2.58. The third-order valence-corrected chi connectivity index (χ3v) is 8.72. The molecule has 172 valence electrons. The number of carbonyl (C=O) groups excluding carboxylic acids is 2. The highest BCUT2D eigenvalue weighted by molar-refractivity contribution is 7.89. The van der Waals surface area contributed by atoms with Gasteiger partial charge in [-0.05, 0) is 48.6 Å². The van der Waals surface area contributed by atoms with E-state index in [9.17, 15) is 18.0 Å². The van der Waals surface area contributed by atoms with Crippen LogP contribution in [0.1, 0.15) is 44.9 Å². The summed E-state index contributed by atoms with van der Waals surface area (Å²) >= 11 is 0. The molecule has 1 saturated heterocycles.